The minimum Gasteiger partial charge on any atom is -0.507 e. The summed E-state index contributed by atoms with van der Waals surface area (Å²) in [6.45, 7) is 9.62. The van der Waals surface area contributed by atoms with Gasteiger partial charge in [-0.3, -0.25) is 14.5 Å². The summed E-state index contributed by atoms with van der Waals surface area (Å²) in [5.74, 6) is 0.253. The highest BCUT2D eigenvalue weighted by atomic mass is 16.5. The molecule has 1 atom stereocenters. The number of anilines is 1. The van der Waals surface area contributed by atoms with Gasteiger partial charge in [-0.2, -0.15) is 0 Å². The maximum absolute atomic E-state index is 13.4. The number of rotatable bonds is 8. The van der Waals surface area contributed by atoms with Crippen molar-refractivity contribution in [2.45, 2.75) is 52.9 Å². The maximum Gasteiger partial charge on any atom is 0.300 e. The van der Waals surface area contributed by atoms with Crippen molar-refractivity contribution in [2.75, 3.05) is 12.0 Å². The molecule has 3 aromatic rings. The quantitative estimate of drug-likeness (QED) is 0.218. The molecule has 0 saturated carbocycles. The van der Waals surface area contributed by atoms with Crippen LogP contribution >= 0.6 is 0 Å². The monoisotopic (exact) mass is 515 g/mol. The average Bonchev–Trinajstić information content (AvgIpc) is 3.15. The zero-order chi connectivity index (χ0) is 27.6. The van der Waals surface area contributed by atoms with Crippen molar-refractivity contribution in [3.05, 3.63) is 89.0 Å². The molecule has 38 heavy (non-hydrogen) atoms. The second-order valence-corrected chi connectivity index (χ2v) is 9.75. The number of hydrogen-bond donors (Lipinski definition) is 1. The predicted molar refractivity (Wildman–Crippen MR) is 147 cm³/mol. The summed E-state index contributed by atoms with van der Waals surface area (Å²) >= 11 is 0. The molecule has 198 valence electrons. The third-order valence-electron chi connectivity index (χ3n) is 6.17. The van der Waals surface area contributed by atoms with Gasteiger partial charge in [-0.15, -0.1) is 0 Å². The van der Waals surface area contributed by atoms with E-state index >= 15 is 0 Å². The lowest BCUT2D eigenvalue weighted by Gasteiger charge is -2.26. The van der Waals surface area contributed by atoms with Crippen LogP contribution in [0, 0.1) is 6.92 Å². The lowest BCUT2D eigenvalue weighted by atomic mass is 9.94. The van der Waals surface area contributed by atoms with E-state index in [4.69, 9.17) is 14.2 Å². The molecule has 1 unspecified atom stereocenters. The van der Waals surface area contributed by atoms with Gasteiger partial charge in [0.25, 0.3) is 11.7 Å². The summed E-state index contributed by atoms with van der Waals surface area (Å²) in [5, 5.41) is 11.5. The number of benzene rings is 3. The van der Waals surface area contributed by atoms with Crippen LogP contribution in [-0.2, 0) is 9.59 Å². The van der Waals surface area contributed by atoms with Gasteiger partial charge in [-0.05, 0) is 100 Å². The third-order valence-corrected chi connectivity index (χ3v) is 6.17. The minimum atomic E-state index is -0.844. The number of nitrogens with zero attached hydrogens (tertiary/aromatic N) is 1. The number of aliphatic hydroxyl groups excluding tert-OH is 1. The topological polar surface area (TPSA) is 85.3 Å². The lowest BCUT2D eigenvalue weighted by Crippen LogP contribution is -2.29. The largest absolute Gasteiger partial charge is 0.507 e. The Labute approximate surface area is 223 Å². The summed E-state index contributed by atoms with van der Waals surface area (Å²) in [5.41, 5.74) is 2.42. The van der Waals surface area contributed by atoms with Crippen LogP contribution in [0.25, 0.3) is 5.76 Å². The van der Waals surface area contributed by atoms with Crippen molar-refractivity contribution in [1.82, 2.24) is 0 Å². The smallest absolute Gasteiger partial charge is 0.300 e. The van der Waals surface area contributed by atoms with E-state index in [2.05, 4.69) is 0 Å². The van der Waals surface area contributed by atoms with Crippen molar-refractivity contribution in [1.29, 1.82) is 0 Å². The number of hydrogen-bond acceptors (Lipinski definition) is 6. The molecule has 7 nitrogen and oxygen atoms in total. The highest BCUT2D eigenvalue weighted by Gasteiger charge is 2.47. The van der Waals surface area contributed by atoms with Crippen molar-refractivity contribution in [2.24, 2.45) is 0 Å². The number of amides is 1. The predicted octanol–water partition coefficient (Wildman–Crippen LogP) is 6.20. The molecule has 3 aromatic carbocycles. The number of aryl methyl sites for hydroxylation is 1. The molecule has 1 N–H and O–H groups in total. The van der Waals surface area contributed by atoms with E-state index in [0.29, 0.717) is 34.1 Å². The molecule has 1 aliphatic rings. The Balaban J connectivity index is 1.85. The van der Waals surface area contributed by atoms with Crippen molar-refractivity contribution >= 4 is 23.1 Å². The second kappa shape index (κ2) is 11.0. The molecular weight excluding hydrogens is 482 g/mol. The SMILES string of the molecule is COc1ccc(N2C(=O)C(=O)/C(=C(\O)c3ccc(OC(C)C)c(C)c3)C2c2ccc(OC(C)C)cc2)cc1. The molecule has 1 fully saturated rings. The van der Waals surface area contributed by atoms with Crippen LogP contribution < -0.4 is 19.1 Å². The fourth-order valence-electron chi connectivity index (χ4n) is 4.50. The normalized spacial score (nSPS) is 16.8. The van der Waals surface area contributed by atoms with Gasteiger partial charge in [0.2, 0.25) is 0 Å². The Morgan fingerprint density at radius 1 is 0.842 bits per heavy atom. The van der Waals surface area contributed by atoms with E-state index in [-0.39, 0.29) is 23.5 Å². The van der Waals surface area contributed by atoms with Gasteiger partial charge in [-0.1, -0.05) is 12.1 Å². The first-order valence-electron chi connectivity index (χ1n) is 12.6. The van der Waals surface area contributed by atoms with Crippen LogP contribution in [0.5, 0.6) is 17.2 Å². The Bertz CT molecular complexity index is 1360. The number of methoxy groups -OCH3 is 1. The number of carbonyl (C=O) groups excluding carboxylic acids is 2. The van der Waals surface area contributed by atoms with E-state index in [9.17, 15) is 14.7 Å². The summed E-state index contributed by atoms with van der Waals surface area (Å²) in [4.78, 5) is 28.2. The first kappa shape index (κ1) is 26.8. The van der Waals surface area contributed by atoms with Crippen LogP contribution in [0.4, 0.5) is 5.69 Å². The van der Waals surface area contributed by atoms with Gasteiger partial charge in [0.15, 0.2) is 0 Å². The number of carbonyl (C=O) groups is 2. The Kier molecular flexibility index (Phi) is 7.76. The van der Waals surface area contributed by atoms with Gasteiger partial charge in [0.05, 0.1) is 30.9 Å². The molecule has 0 spiro atoms. The summed E-state index contributed by atoms with van der Waals surface area (Å²) < 4.78 is 16.8. The van der Waals surface area contributed by atoms with E-state index in [1.165, 1.54) is 4.90 Å². The maximum atomic E-state index is 13.4. The zero-order valence-electron chi connectivity index (χ0n) is 22.5. The van der Waals surface area contributed by atoms with E-state index < -0.39 is 17.7 Å². The molecule has 4 rings (SSSR count). The lowest BCUT2D eigenvalue weighted by molar-refractivity contribution is -0.132. The fraction of sp³-hybridized carbons (Fsp3) is 0.290. The average molecular weight is 516 g/mol. The standard InChI is InChI=1S/C31H33NO6/c1-18(2)37-25-12-7-21(8-13-25)28-27(29(33)22-9-16-26(20(5)17-22)38-19(3)4)30(34)31(35)32(28)23-10-14-24(36-6)15-11-23/h7-19,28,33H,1-6H3/b29-27-. The molecule has 1 amide bonds. The molecular formula is C31H33NO6. The molecule has 0 aliphatic carbocycles. The number of Topliss-reactive ketones (excluding diaryl/α,β-unsaturated/α-hetero) is 1. The van der Waals surface area contributed by atoms with E-state index in [0.717, 1.165) is 5.56 Å². The van der Waals surface area contributed by atoms with Crippen LogP contribution in [0.15, 0.2) is 72.3 Å². The number of ether oxygens (including phenoxy) is 3. The minimum absolute atomic E-state index is 0.00308. The Hall–Kier alpha value is -4.26. The molecule has 0 aromatic heterocycles. The third kappa shape index (κ3) is 5.37. The van der Waals surface area contributed by atoms with Gasteiger partial charge in [-0.25, -0.2) is 0 Å². The van der Waals surface area contributed by atoms with Crippen LogP contribution in [0.3, 0.4) is 0 Å². The zero-order valence-corrected chi connectivity index (χ0v) is 22.5. The number of aliphatic hydroxyl groups is 1. The second-order valence-electron chi connectivity index (χ2n) is 9.75. The highest BCUT2D eigenvalue weighted by Crippen LogP contribution is 2.43. The van der Waals surface area contributed by atoms with E-state index in [1.54, 1.807) is 61.7 Å². The van der Waals surface area contributed by atoms with Crippen LogP contribution in [-0.4, -0.2) is 36.1 Å². The Morgan fingerprint density at radius 2 is 1.45 bits per heavy atom. The summed E-state index contributed by atoms with van der Waals surface area (Å²) in [7, 11) is 1.56. The van der Waals surface area contributed by atoms with Gasteiger partial charge in [0.1, 0.15) is 23.0 Å². The molecule has 0 bridgehead atoms. The molecule has 1 aliphatic heterocycles. The van der Waals surface area contributed by atoms with E-state index in [1.807, 2.05) is 46.8 Å². The van der Waals surface area contributed by atoms with Gasteiger partial charge >= 0.3 is 0 Å². The van der Waals surface area contributed by atoms with Gasteiger partial charge in [0, 0.05) is 11.3 Å². The van der Waals surface area contributed by atoms with Crippen LogP contribution in [0.1, 0.15) is 50.4 Å². The number of ketones is 1. The van der Waals surface area contributed by atoms with Crippen molar-refractivity contribution in [3.63, 3.8) is 0 Å². The van der Waals surface area contributed by atoms with Crippen molar-refractivity contribution in [3.8, 4) is 17.2 Å². The first-order valence-corrected chi connectivity index (χ1v) is 12.6. The highest BCUT2D eigenvalue weighted by molar-refractivity contribution is 6.51. The molecule has 7 heteroatoms. The van der Waals surface area contributed by atoms with Crippen LogP contribution in [0.2, 0.25) is 0 Å². The summed E-state index contributed by atoms with van der Waals surface area (Å²) in [6, 6.07) is 18.5. The Morgan fingerprint density at radius 3 is 2.00 bits per heavy atom. The molecule has 0 radical (unpaired) electrons. The fourth-order valence-corrected chi connectivity index (χ4v) is 4.50. The van der Waals surface area contributed by atoms with Gasteiger partial charge < -0.3 is 19.3 Å². The molecule has 1 heterocycles. The first-order chi connectivity index (χ1) is 18.1. The molecule has 1 saturated heterocycles. The summed E-state index contributed by atoms with van der Waals surface area (Å²) in [6.07, 6.45) is -0.0118. The van der Waals surface area contributed by atoms with Crippen molar-refractivity contribution < 1.29 is 28.9 Å².